The van der Waals surface area contributed by atoms with Gasteiger partial charge in [0, 0.05) is 58.0 Å². The third-order valence-corrected chi connectivity index (χ3v) is 4.19. The van der Waals surface area contributed by atoms with Gasteiger partial charge >= 0.3 is 0 Å². The highest BCUT2D eigenvalue weighted by Gasteiger charge is 2.29. The molecule has 3 amide bonds. The maximum atomic E-state index is 12.4. The second-order valence-corrected chi connectivity index (χ2v) is 5.85. The first-order chi connectivity index (χ1) is 10.9. The number of aromatic nitrogens is 2. The lowest BCUT2D eigenvalue weighted by Gasteiger charge is -2.22. The molecule has 0 saturated carbocycles. The van der Waals surface area contributed by atoms with Crippen molar-refractivity contribution in [3.05, 3.63) is 18.0 Å². The van der Waals surface area contributed by atoms with Crippen molar-refractivity contribution in [2.45, 2.75) is 26.8 Å². The summed E-state index contributed by atoms with van der Waals surface area (Å²) >= 11 is 0. The number of nitrogens with zero attached hydrogens (tertiary/aromatic N) is 4. The van der Waals surface area contributed by atoms with Crippen LogP contribution in [0.1, 0.15) is 19.0 Å². The number of carbonyl (C=O) groups is 3. The van der Waals surface area contributed by atoms with Crippen LogP contribution in [-0.4, -0.2) is 63.5 Å². The normalized spacial score (nSPS) is 18.6. The number of rotatable bonds is 4. The molecular formula is C15H23N5O3. The smallest absolute Gasteiger partial charge is 0.224 e. The predicted molar refractivity (Wildman–Crippen MR) is 83.1 cm³/mol. The van der Waals surface area contributed by atoms with Crippen molar-refractivity contribution < 1.29 is 14.4 Å². The molecule has 2 heterocycles. The maximum Gasteiger partial charge on any atom is 0.224 e. The summed E-state index contributed by atoms with van der Waals surface area (Å²) < 4.78 is 1.77. The van der Waals surface area contributed by atoms with Crippen molar-refractivity contribution >= 4 is 17.7 Å². The van der Waals surface area contributed by atoms with Crippen LogP contribution in [0.3, 0.4) is 0 Å². The minimum atomic E-state index is -0.531. The van der Waals surface area contributed by atoms with E-state index < -0.39 is 11.8 Å². The molecule has 1 fully saturated rings. The third-order valence-electron chi connectivity index (χ3n) is 4.19. The molecule has 1 atom stereocenters. The first kappa shape index (κ1) is 17.0. The van der Waals surface area contributed by atoms with E-state index >= 15 is 0 Å². The summed E-state index contributed by atoms with van der Waals surface area (Å²) in [4.78, 5) is 38.8. The quantitative estimate of drug-likeness (QED) is 0.798. The molecule has 0 unspecified atom stereocenters. The zero-order valence-corrected chi connectivity index (χ0v) is 13.6. The van der Waals surface area contributed by atoms with Crippen molar-refractivity contribution in [1.29, 1.82) is 0 Å². The van der Waals surface area contributed by atoms with E-state index in [9.17, 15) is 14.4 Å². The average Bonchev–Trinajstić information content (AvgIpc) is 2.76. The monoisotopic (exact) mass is 321 g/mol. The number of aryl methyl sites for hydroxylation is 2. The van der Waals surface area contributed by atoms with Crippen molar-refractivity contribution in [3.63, 3.8) is 0 Å². The third kappa shape index (κ3) is 4.30. The van der Waals surface area contributed by atoms with Gasteiger partial charge in [0.25, 0.3) is 0 Å². The van der Waals surface area contributed by atoms with E-state index in [4.69, 9.17) is 5.73 Å². The van der Waals surface area contributed by atoms with Gasteiger partial charge in [0.05, 0.1) is 5.92 Å². The second kappa shape index (κ2) is 7.26. The highest BCUT2D eigenvalue weighted by atomic mass is 16.2. The molecule has 0 aromatic carbocycles. The highest BCUT2D eigenvalue weighted by molar-refractivity contribution is 5.81. The fourth-order valence-electron chi connectivity index (χ4n) is 2.70. The number of nitrogens with two attached hydrogens (primary N) is 1. The Morgan fingerprint density at radius 3 is 2.48 bits per heavy atom. The van der Waals surface area contributed by atoms with Gasteiger partial charge in [-0.15, -0.1) is 0 Å². The predicted octanol–water partition coefficient (Wildman–Crippen LogP) is -0.626. The van der Waals surface area contributed by atoms with Crippen molar-refractivity contribution in [1.82, 2.24) is 19.6 Å². The molecule has 8 nitrogen and oxygen atoms in total. The van der Waals surface area contributed by atoms with Gasteiger partial charge in [0.15, 0.2) is 0 Å². The van der Waals surface area contributed by atoms with E-state index in [1.165, 1.54) is 6.92 Å². The highest BCUT2D eigenvalue weighted by Crippen LogP contribution is 2.12. The van der Waals surface area contributed by atoms with E-state index in [0.29, 0.717) is 26.1 Å². The summed E-state index contributed by atoms with van der Waals surface area (Å²) in [6, 6.07) is 1.88. The Morgan fingerprint density at radius 1 is 1.26 bits per heavy atom. The number of hydrogen-bond donors (Lipinski definition) is 1. The summed E-state index contributed by atoms with van der Waals surface area (Å²) in [5, 5.41) is 4.15. The Kier molecular flexibility index (Phi) is 5.36. The van der Waals surface area contributed by atoms with Gasteiger partial charge in [0.2, 0.25) is 17.7 Å². The van der Waals surface area contributed by atoms with Crippen LogP contribution in [0.15, 0.2) is 12.3 Å². The van der Waals surface area contributed by atoms with Gasteiger partial charge < -0.3 is 15.5 Å². The number of carbonyl (C=O) groups excluding carboxylic acids is 3. The maximum absolute atomic E-state index is 12.4. The van der Waals surface area contributed by atoms with E-state index in [-0.39, 0.29) is 24.9 Å². The van der Waals surface area contributed by atoms with Gasteiger partial charge in [-0.1, -0.05) is 0 Å². The molecule has 2 rings (SSSR count). The molecule has 2 N–H and O–H groups in total. The molecule has 1 aliphatic rings. The van der Waals surface area contributed by atoms with Gasteiger partial charge in [-0.05, 0) is 13.0 Å². The summed E-state index contributed by atoms with van der Waals surface area (Å²) in [6.45, 7) is 5.24. The summed E-state index contributed by atoms with van der Waals surface area (Å²) in [7, 11) is 0. The molecule has 1 aliphatic heterocycles. The van der Waals surface area contributed by atoms with Crippen LogP contribution in [0.2, 0.25) is 0 Å². The Morgan fingerprint density at radius 2 is 1.91 bits per heavy atom. The minimum Gasteiger partial charge on any atom is -0.369 e. The van der Waals surface area contributed by atoms with Gasteiger partial charge in [0.1, 0.15) is 0 Å². The fourth-order valence-corrected chi connectivity index (χ4v) is 2.70. The standard InChI is InChI=1S/C15H23N5O3/c1-11-3-5-17-20(11)6-4-14(22)19-8-7-18(12(2)21)9-13(10-19)15(16)23/h3,5,13H,4,6-10H2,1-2H3,(H2,16,23)/t13-/m1/s1. The zero-order valence-electron chi connectivity index (χ0n) is 13.6. The largest absolute Gasteiger partial charge is 0.369 e. The van der Waals surface area contributed by atoms with Crippen molar-refractivity contribution in [2.75, 3.05) is 26.2 Å². The Bertz CT molecular complexity index is 598. The molecule has 0 aliphatic carbocycles. The molecule has 0 radical (unpaired) electrons. The van der Waals surface area contributed by atoms with E-state index in [2.05, 4.69) is 5.10 Å². The minimum absolute atomic E-state index is 0.0587. The summed E-state index contributed by atoms with van der Waals surface area (Å²) in [6.07, 6.45) is 1.99. The first-order valence-corrected chi connectivity index (χ1v) is 7.69. The van der Waals surface area contributed by atoms with E-state index in [0.717, 1.165) is 5.69 Å². The first-order valence-electron chi connectivity index (χ1n) is 7.69. The van der Waals surface area contributed by atoms with Gasteiger partial charge in [-0.2, -0.15) is 5.10 Å². The molecule has 23 heavy (non-hydrogen) atoms. The molecule has 8 heteroatoms. The molecule has 0 spiro atoms. The van der Waals surface area contributed by atoms with Gasteiger partial charge in [-0.3, -0.25) is 19.1 Å². The average molecular weight is 321 g/mol. The summed E-state index contributed by atoms with van der Waals surface area (Å²) in [5.74, 6) is -1.19. The fraction of sp³-hybridized carbons (Fsp3) is 0.600. The SMILES string of the molecule is CC(=O)N1CCN(C(=O)CCn2nccc2C)C[C@H](C(N)=O)C1. The van der Waals surface area contributed by atoms with Crippen molar-refractivity contribution in [2.24, 2.45) is 11.7 Å². The molecule has 126 valence electrons. The summed E-state index contributed by atoms with van der Waals surface area (Å²) in [5.41, 5.74) is 6.40. The van der Waals surface area contributed by atoms with Crippen LogP contribution in [0.25, 0.3) is 0 Å². The molecular weight excluding hydrogens is 298 g/mol. The Balaban J connectivity index is 1.99. The number of amides is 3. The lowest BCUT2D eigenvalue weighted by Crippen LogP contribution is -2.41. The number of primary amides is 1. The van der Waals surface area contributed by atoms with E-state index in [1.54, 1.807) is 20.7 Å². The molecule has 1 aromatic heterocycles. The number of hydrogen-bond acceptors (Lipinski definition) is 4. The molecule has 1 saturated heterocycles. The van der Waals surface area contributed by atoms with Crippen LogP contribution in [-0.2, 0) is 20.9 Å². The lowest BCUT2D eigenvalue weighted by atomic mass is 10.1. The van der Waals surface area contributed by atoms with Crippen molar-refractivity contribution in [3.8, 4) is 0 Å². The Labute approximate surface area is 135 Å². The van der Waals surface area contributed by atoms with Crippen LogP contribution in [0, 0.1) is 12.8 Å². The molecule has 0 bridgehead atoms. The van der Waals surface area contributed by atoms with Crippen LogP contribution in [0.4, 0.5) is 0 Å². The van der Waals surface area contributed by atoms with Gasteiger partial charge in [-0.25, -0.2) is 0 Å². The second-order valence-electron chi connectivity index (χ2n) is 5.85. The Hall–Kier alpha value is -2.38. The zero-order chi connectivity index (χ0) is 17.0. The van der Waals surface area contributed by atoms with Crippen LogP contribution >= 0.6 is 0 Å². The molecule has 1 aromatic rings. The topological polar surface area (TPSA) is 102 Å². The van der Waals surface area contributed by atoms with Crippen LogP contribution < -0.4 is 5.73 Å². The lowest BCUT2D eigenvalue weighted by molar-refractivity contribution is -0.133. The van der Waals surface area contributed by atoms with E-state index in [1.807, 2.05) is 13.0 Å². The van der Waals surface area contributed by atoms with Crippen LogP contribution in [0.5, 0.6) is 0 Å².